The Balaban J connectivity index is 1.50. The van der Waals surface area contributed by atoms with Crippen LogP contribution in [0, 0.1) is 0 Å². The normalized spacial score (nSPS) is 10.6. The Morgan fingerprint density at radius 1 is 1.07 bits per heavy atom. The quantitative estimate of drug-likeness (QED) is 0.464. The van der Waals surface area contributed by atoms with Crippen LogP contribution in [0.15, 0.2) is 77.2 Å². The molecule has 1 aromatic heterocycles. The van der Waals surface area contributed by atoms with E-state index in [4.69, 9.17) is 21.4 Å². The van der Waals surface area contributed by atoms with E-state index in [0.717, 1.165) is 16.6 Å². The Hall–Kier alpha value is -3.71. The third kappa shape index (κ3) is 4.47. The SMILES string of the molecule is COc1ccc(-c2nc3ccccc3o2)cc1NC(=S)NC(=O)Cc1ccccc1. The van der Waals surface area contributed by atoms with E-state index in [1.807, 2.05) is 66.7 Å². The van der Waals surface area contributed by atoms with Crippen molar-refractivity contribution < 1.29 is 13.9 Å². The number of nitrogens with one attached hydrogen (secondary N) is 2. The largest absolute Gasteiger partial charge is 0.495 e. The molecule has 150 valence electrons. The van der Waals surface area contributed by atoms with Crippen molar-refractivity contribution >= 4 is 40.0 Å². The molecule has 0 saturated carbocycles. The van der Waals surface area contributed by atoms with Gasteiger partial charge in [0.25, 0.3) is 0 Å². The molecule has 0 saturated heterocycles. The first-order valence-corrected chi connectivity index (χ1v) is 9.72. The van der Waals surface area contributed by atoms with Gasteiger partial charge in [-0.15, -0.1) is 0 Å². The van der Waals surface area contributed by atoms with E-state index in [0.29, 0.717) is 22.9 Å². The predicted octanol–water partition coefficient (Wildman–Crippen LogP) is 4.56. The van der Waals surface area contributed by atoms with E-state index < -0.39 is 0 Å². The molecule has 6 nitrogen and oxygen atoms in total. The van der Waals surface area contributed by atoms with Gasteiger partial charge in [-0.05, 0) is 48.1 Å². The number of benzene rings is 3. The van der Waals surface area contributed by atoms with Gasteiger partial charge in [0.1, 0.15) is 11.3 Å². The molecular formula is C23H19N3O3S. The molecule has 4 aromatic rings. The van der Waals surface area contributed by atoms with Crippen molar-refractivity contribution in [2.45, 2.75) is 6.42 Å². The third-order valence-electron chi connectivity index (χ3n) is 4.45. The number of nitrogens with zero attached hydrogens (tertiary/aromatic N) is 1. The van der Waals surface area contributed by atoms with Gasteiger partial charge < -0.3 is 19.8 Å². The minimum absolute atomic E-state index is 0.184. The minimum Gasteiger partial charge on any atom is -0.495 e. The van der Waals surface area contributed by atoms with Gasteiger partial charge in [0.05, 0.1) is 19.2 Å². The lowest BCUT2D eigenvalue weighted by atomic mass is 10.1. The van der Waals surface area contributed by atoms with E-state index in [9.17, 15) is 4.79 Å². The van der Waals surface area contributed by atoms with Crippen LogP contribution in [-0.2, 0) is 11.2 Å². The summed E-state index contributed by atoms with van der Waals surface area (Å²) in [5.41, 5.74) is 3.76. The number of thiocarbonyl (C=S) groups is 1. The monoisotopic (exact) mass is 417 g/mol. The Labute approximate surface area is 178 Å². The predicted molar refractivity (Wildman–Crippen MR) is 121 cm³/mol. The van der Waals surface area contributed by atoms with E-state index >= 15 is 0 Å². The molecule has 30 heavy (non-hydrogen) atoms. The summed E-state index contributed by atoms with van der Waals surface area (Å²) in [6.45, 7) is 0. The number of methoxy groups -OCH3 is 1. The van der Waals surface area contributed by atoms with Crippen molar-refractivity contribution in [3.8, 4) is 17.2 Å². The van der Waals surface area contributed by atoms with Crippen LogP contribution < -0.4 is 15.4 Å². The topological polar surface area (TPSA) is 76.4 Å². The van der Waals surface area contributed by atoms with Gasteiger partial charge >= 0.3 is 0 Å². The average Bonchev–Trinajstić information content (AvgIpc) is 3.18. The maximum atomic E-state index is 12.3. The summed E-state index contributed by atoms with van der Waals surface area (Å²) in [6, 6.07) is 22.5. The summed E-state index contributed by atoms with van der Waals surface area (Å²) < 4.78 is 11.2. The summed E-state index contributed by atoms with van der Waals surface area (Å²) in [5, 5.41) is 5.91. The van der Waals surface area contributed by atoms with Crippen LogP contribution in [0.1, 0.15) is 5.56 Å². The van der Waals surface area contributed by atoms with Crippen LogP contribution >= 0.6 is 12.2 Å². The number of ether oxygens (including phenoxy) is 1. The van der Waals surface area contributed by atoms with E-state index in [2.05, 4.69) is 15.6 Å². The average molecular weight is 417 g/mol. The molecule has 7 heteroatoms. The highest BCUT2D eigenvalue weighted by molar-refractivity contribution is 7.80. The second-order valence-corrected chi connectivity index (χ2v) is 6.97. The zero-order valence-electron chi connectivity index (χ0n) is 16.2. The highest BCUT2D eigenvalue weighted by atomic mass is 32.1. The van der Waals surface area contributed by atoms with Crippen molar-refractivity contribution in [1.29, 1.82) is 0 Å². The number of oxazole rings is 1. The van der Waals surface area contributed by atoms with Crippen LogP contribution in [0.4, 0.5) is 5.69 Å². The fraction of sp³-hybridized carbons (Fsp3) is 0.0870. The molecule has 0 aliphatic heterocycles. The number of para-hydroxylation sites is 2. The van der Waals surface area contributed by atoms with Gasteiger partial charge in [0, 0.05) is 5.56 Å². The highest BCUT2D eigenvalue weighted by Crippen LogP contribution is 2.31. The van der Waals surface area contributed by atoms with Gasteiger partial charge in [-0.2, -0.15) is 0 Å². The molecule has 1 amide bonds. The lowest BCUT2D eigenvalue weighted by molar-refractivity contribution is -0.119. The number of hydrogen-bond acceptors (Lipinski definition) is 5. The summed E-state index contributed by atoms with van der Waals surface area (Å²) in [7, 11) is 1.57. The van der Waals surface area contributed by atoms with Crippen molar-refractivity contribution in [2.24, 2.45) is 0 Å². The molecule has 1 heterocycles. The number of hydrogen-bond donors (Lipinski definition) is 2. The molecule has 0 aliphatic rings. The van der Waals surface area contributed by atoms with E-state index in [1.54, 1.807) is 13.2 Å². The first kappa shape index (κ1) is 19.6. The molecule has 0 spiro atoms. The second-order valence-electron chi connectivity index (χ2n) is 6.57. The Kier molecular flexibility index (Phi) is 5.72. The maximum absolute atomic E-state index is 12.3. The molecule has 0 atom stereocenters. The van der Waals surface area contributed by atoms with Gasteiger partial charge in [0.2, 0.25) is 11.8 Å². The summed E-state index contributed by atoms with van der Waals surface area (Å²) in [6.07, 6.45) is 0.239. The molecule has 0 bridgehead atoms. The molecule has 0 radical (unpaired) electrons. The zero-order valence-corrected chi connectivity index (χ0v) is 17.0. The van der Waals surface area contributed by atoms with Crippen LogP contribution in [0.5, 0.6) is 5.75 Å². The van der Waals surface area contributed by atoms with Gasteiger partial charge in [-0.3, -0.25) is 4.79 Å². The van der Waals surface area contributed by atoms with Gasteiger partial charge in [0.15, 0.2) is 10.7 Å². The van der Waals surface area contributed by atoms with Gasteiger partial charge in [-0.25, -0.2) is 4.98 Å². The number of aromatic nitrogens is 1. The lowest BCUT2D eigenvalue weighted by Crippen LogP contribution is -2.35. The van der Waals surface area contributed by atoms with Crippen LogP contribution in [0.2, 0.25) is 0 Å². The minimum atomic E-state index is -0.201. The smallest absolute Gasteiger partial charge is 0.230 e. The number of carbonyl (C=O) groups is 1. The van der Waals surface area contributed by atoms with Crippen molar-refractivity contribution in [3.63, 3.8) is 0 Å². The Morgan fingerprint density at radius 2 is 1.83 bits per heavy atom. The van der Waals surface area contributed by atoms with Crippen molar-refractivity contribution in [1.82, 2.24) is 10.3 Å². The van der Waals surface area contributed by atoms with E-state index in [-0.39, 0.29) is 17.4 Å². The summed E-state index contributed by atoms with van der Waals surface area (Å²) in [5.74, 6) is 0.864. The molecular weight excluding hydrogens is 398 g/mol. The van der Waals surface area contributed by atoms with Crippen LogP contribution in [0.25, 0.3) is 22.6 Å². The molecule has 4 rings (SSSR count). The molecule has 0 unspecified atom stereocenters. The fourth-order valence-electron chi connectivity index (χ4n) is 3.04. The first-order valence-electron chi connectivity index (χ1n) is 9.31. The Morgan fingerprint density at radius 3 is 2.60 bits per heavy atom. The zero-order chi connectivity index (χ0) is 20.9. The van der Waals surface area contributed by atoms with Crippen molar-refractivity contribution in [3.05, 3.63) is 78.4 Å². The number of carbonyl (C=O) groups excluding carboxylic acids is 1. The lowest BCUT2D eigenvalue weighted by Gasteiger charge is -2.13. The highest BCUT2D eigenvalue weighted by Gasteiger charge is 2.13. The first-order chi connectivity index (χ1) is 14.6. The molecule has 0 aliphatic carbocycles. The van der Waals surface area contributed by atoms with Crippen molar-refractivity contribution in [2.75, 3.05) is 12.4 Å². The third-order valence-corrected chi connectivity index (χ3v) is 4.65. The van der Waals surface area contributed by atoms with E-state index in [1.165, 1.54) is 0 Å². The molecule has 2 N–H and O–H groups in total. The Bertz CT molecular complexity index is 1170. The van der Waals surface area contributed by atoms with Gasteiger partial charge in [-0.1, -0.05) is 42.5 Å². The van der Waals surface area contributed by atoms with Crippen LogP contribution in [-0.4, -0.2) is 23.1 Å². The summed E-state index contributed by atoms with van der Waals surface area (Å²) in [4.78, 5) is 16.8. The van der Waals surface area contributed by atoms with Crippen LogP contribution in [0.3, 0.4) is 0 Å². The number of amides is 1. The molecule has 3 aromatic carbocycles. The number of anilines is 1. The summed E-state index contributed by atoms with van der Waals surface area (Å²) >= 11 is 5.31. The number of fused-ring (bicyclic) bond motifs is 1. The second kappa shape index (κ2) is 8.75. The fourth-order valence-corrected chi connectivity index (χ4v) is 3.26. The number of rotatable bonds is 5. The molecule has 0 fully saturated rings. The standard InChI is InChI=1S/C23H19N3O3S/c1-28-19-12-11-16(22-24-17-9-5-6-10-20(17)29-22)14-18(19)25-23(30)26-21(27)13-15-7-3-2-4-8-15/h2-12,14H,13H2,1H3,(H2,25,26,27,30). The maximum Gasteiger partial charge on any atom is 0.230 e.